The Morgan fingerprint density at radius 2 is 1.81 bits per heavy atom. The highest BCUT2D eigenvalue weighted by molar-refractivity contribution is 5.77. The van der Waals surface area contributed by atoms with Crippen LogP contribution in [0.4, 0.5) is 23.7 Å². The smallest absolute Gasteiger partial charge is 0.422 e. The van der Waals surface area contributed by atoms with Gasteiger partial charge in [0.05, 0.1) is 0 Å². The monoisotopic (exact) mass is 375 g/mol. The molecule has 2 N–H and O–H groups in total. The van der Waals surface area contributed by atoms with Gasteiger partial charge in [-0.1, -0.05) is 12.1 Å². The lowest BCUT2D eigenvalue weighted by Crippen LogP contribution is -2.37. The fourth-order valence-corrected chi connectivity index (χ4v) is 2.16. The van der Waals surface area contributed by atoms with Gasteiger partial charge in [-0.05, 0) is 31.0 Å². The molecule has 2 amide bonds. The standard InChI is InChI=1S/C17H24F3N3O3/c1-12(10-13-4-6-14(7-5-13)23(2)3)22-15(24)8-9-21-16(25)26-11-17(18,19)20/h4-7,12H,8-11H2,1-3H3,(H,21,25)(H,22,24)/t12-/m1/s1. The van der Waals surface area contributed by atoms with Gasteiger partial charge in [0.2, 0.25) is 5.91 Å². The number of alkyl halides is 3. The summed E-state index contributed by atoms with van der Waals surface area (Å²) in [5.41, 5.74) is 2.14. The lowest BCUT2D eigenvalue weighted by molar-refractivity contribution is -0.160. The van der Waals surface area contributed by atoms with Crippen LogP contribution in [0.5, 0.6) is 0 Å². The van der Waals surface area contributed by atoms with Gasteiger partial charge in [0.25, 0.3) is 0 Å². The molecule has 0 saturated carbocycles. The molecule has 146 valence electrons. The van der Waals surface area contributed by atoms with E-state index in [-0.39, 0.29) is 24.9 Å². The van der Waals surface area contributed by atoms with E-state index >= 15 is 0 Å². The first kappa shape index (κ1) is 21.6. The third-order valence-electron chi connectivity index (χ3n) is 3.39. The van der Waals surface area contributed by atoms with Gasteiger partial charge in [-0.2, -0.15) is 13.2 Å². The Morgan fingerprint density at radius 3 is 2.35 bits per heavy atom. The molecule has 1 aromatic carbocycles. The number of ether oxygens (including phenoxy) is 1. The first-order valence-corrected chi connectivity index (χ1v) is 8.10. The highest BCUT2D eigenvalue weighted by Gasteiger charge is 2.29. The molecule has 26 heavy (non-hydrogen) atoms. The number of carbonyl (C=O) groups is 2. The maximum Gasteiger partial charge on any atom is 0.422 e. The average molecular weight is 375 g/mol. The van der Waals surface area contributed by atoms with Crippen molar-refractivity contribution in [3.8, 4) is 0 Å². The van der Waals surface area contributed by atoms with Crippen molar-refractivity contribution < 1.29 is 27.5 Å². The first-order valence-electron chi connectivity index (χ1n) is 8.10. The molecule has 0 aliphatic carbocycles. The molecule has 1 aromatic rings. The van der Waals surface area contributed by atoms with E-state index in [2.05, 4.69) is 15.4 Å². The van der Waals surface area contributed by atoms with E-state index < -0.39 is 18.9 Å². The Morgan fingerprint density at radius 1 is 1.19 bits per heavy atom. The number of alkyl carbamates (subject to hydrolysis) is 1. The molecule has 0 heterocycles. The number of carbonyl (C=O) groups excluding carboxylic acids is 2. The summed E-state index contributed by atoms with van der Waals surface area (Å²) in [5, 5.41) is 4.87. The normalized spacial score (nSPS) is 12.2. The summed E-state index contributed by atoms with van der Waals surface area (Å²) in [6, 6.07) is 7.82. The minimum atomic E-state index is -4.57. The van der Waals surface area contributed by atoms with Crippen LogP contribution < -0.4 is 15.5 Å². The molecule has 0 radical (unpaired) electrons. The summed E-state index contributed by atoms with van der Waals surface area (Å²) in [7, 11) is 3.90. The van der Waals surface area contributed by atoms with Gasteiger partial charge in [0, 0.05) is 38.8 Å². The number of nitrogens with zero attached hydrogens (tertiary/aromatic N) is 1. The van der Waals surface area contributed by atoms with E-state index in [1.807, 2.05) is 50.2 Å². The van der Waals surface area contributed by atoms with E-state index in [1.165, 1.54) is 0 Å². The van der Waals surface area contributed by atoms with Gasteiger partial charge in [-0.25, -0.2) is 4.79 Å². The van der Waals surface area contributed by atoms with Crippen molar-refractivity contribution in [2.24, 2.45) is 0 Å². The Bertz CT molecular complexity index is 589. The van der Waals surface area contributed by atoms with E-state index in [4.69, 9.17) is 0 Å². The second-order valence-electron chi connectivity index (χ2n) is 6.10. The predicted octanol–water partition coefficient (Wildman–Crippen LogP) is 2.48. The van der Waals surface area contributed by atoms with Crippen molar-refractivity contribution >= 4 is 17.7 Å². The number of nitrogens with one attached hydrogen (secondary N) is 2. The van der Waals surface area contributed by atoms with E-state index in [0.29, 0.717) is 6.42 Å². The first-order chi connectivity index (χ1) is 12.1. The van der Waals surface area contributed by atoms with Crippen molar-refractivity contribution in [1.82, 2.24) is 10.6 Å². The topological polar surface area (TPSA) is 70.7 Å². The summed E-state index contributed by atoms with van der Waals surface area (Å²) >= 11 is 0. The maximum absolute atomic E-state index is 11.9. The van der Waals surface area contributed by atoms with Crippen LogP contribution >= 0.6 is 0 Å². The van der Waals surface area contributed by atoms with Gasteiger partial charge >= 0.3 is 12.3 Å². The highest BCUT2D eigenvalue weighted by Crippen LogP contribution is 2.14. The maximum atomic E-state index is 11.9. The van der Waals surface area contributed by atoms with Crippen molar-refractivity contribution in [3.63, 3.8) is 0 Å². The van der Waals surface area contributed by atoms with Crippen LogP contribution in [0.15, 0.2) is 24.3 Å². The van der Waals surface area contributed by atoms with Crippen LogP contribution in [0.1, 0.15) is 18.9 Å². The number of benzene rings is 1. The van der Waals surface area contributed by atoms with E-state index in [1.54, 1.807) is 0 Å². The third-order valence-corrected chi connectivity index (χ3v) is 3.39. The number of hydrogen-bond acceptors (Lipinski definition) is 4. The van der Waals surface area contributed by atoms with Gasteiger partial charge < -0.3 is 20.3 Å². The predicted molar refractivity (Wildman–Crippen MR) is 92.1 cm³/mol. The SMILES string of the molecule is C[C@H](Cc1ccc(N(C)C)cc1)NC(=O)CCNC(=O)OCC(F)(F)F. The van der Waals surface area contributed by atoms with E-state index in [0.717, 1.165) is 11.3 Å². The molecule has 6 nitrogen and oxygen atoms in total. The number of anilines is 1. The Hall–Kier alpha value is -2.45. The molecule has 1 atom stereocenters. The summed E-state index contributed by atoms with van der Waals surface area (Å²) in [4.78, 5) is 24.8. The van der Waals surface area contributed by atoms with Crippen LogP contribution in [0.2, 0.25) is 0 Å². The fourth-order valence-electron chi connectivity index (χ4n) is 2.16. The molecular formula is C17H24F3N3O3. The second-order valence-corrected chi connectivity index (χ2v) is 6.10. The minimum absolute atomic E-state index is 0.0506. The largest absolute Gasteiger partial charge is 0.440 e. The number of hydrogen-bond donors (Lipinski definition) is 2. The van der Waals surface area contributed by atoms with Gasteiger partial charge in [-0.15, -0.1) is 0 Å². The molecular weight excluding hydrogens is 351 g/mol. The zero-order valence-electron chi connectivity index (χ0n) is 15.0. The van der Waals surface area contributed by atoms with Crippen LogP contribution in [-0.2, 0) is 16.0 Å². The molecule has 0 spiro atoms. The van der Waals surface area contributed by atoms with Crippen LogP contribution in [0.3, 0.4) is 0 Å². The van der Waals surface area contributed by atoms with Crippen molar-refractivity contribution in [2.45, 2.75) is 32.0 Å². The molecule has 0 aromatic heterocycles. The second kappa shape index (κ2) is 9.88. The van der Waals surface area contributed by atoms with Crippen molar-refractivity contribution in [1.29, 1.82) is 0 Å². The van der Waals surface area contributed by atoms with Crippen LogP contribution in [0, 0.1) is 0 Å². The summed E-state index contributed by atoms with van der Waals surface area (Å²) in [6.07, 6.45) is -5.19. The molecule has 0 aliphatic rings. The fraction of sp³-hybridized carbons (Fsp3) is 0.529. The molecule has 0 saturated heterocycles. The summed E-state index contributed by atoms with van der Waals surface area (Å²) in [5.74, 6) is -0.307. The number of rotatable bonds is 8. The molecule has 0 fully saturated rings. The molecule has 0 aliphatic heterocycles. The summed E-state index contributed by atoms with van der Waals surface area (Å²) in [6.45, 7) is 0.0875. The number of amides is 2. The third kappa shape index (κ3) is 9.14. The lowest BCUT2D eigenvalue weighted by Gasteiger charge is -2.16. The quantitative estimate of drug-likeness (QED) is 0.732. The molecule has 9 heteroatoms. The number of halogens is 3. The van der Waals surface area contributed by atoms with Crippen LogP contribution in [0.25, 0.3) is 0 Å². The van der Waals surface area contributed by atoms with Gasteiger partial charge in [0.15, 0.2) is 6.61 Å². The molecule has 0 bridgehead atoms. The van der Waals surface area contributed by atoms with Crippen molar-refractivity contribution in [3.05, 3.63) is 29.8 Å². The molecule has 0 unspecified atom stereocenters. The Kier molecular flexibility index (Phi) is 8.21. The van der Waals surface area contributed by atoms with E-state index in [9.17, 15) is 22.8 Å². The highest BCUT2D eigenvalue weighted by atomic mass is 19.4. The van der Waals surface area contributed by atoms with Gasteiger partial charge in [-0.3, -0.25) is 4.79 Å². The summed E-state index contributed by atoms with van der Waals surface area (Å²) < 4.78 is 39.6. The van der Waals surface area contributed by atoms with Crippen molar-refractivity contribution in [2.75, 3.05) is 32.1 Å². The zero-order valence-corrected chi connectivity index (χ0v) is 15.0. The Labute approximate surface area is 150 Å². The lowest BCUT2D eigenvalue weighted by atomic mass is 10.1. The Balaban J connectivity index is 2.26. The minimum Gasteiger partial charge on any atom is -0.440 e. The van der Waals surface area contributed by atoms with Crippen LogP contribution in [-0.4, -0.2) is 51.5 Å². The molecule has 1 rings (SSSR count). The average Bonchev–Trinajstić information content (AvgIpc) is 2.52. The zero-order chi connectivity index (χ0) is 19.7. The van der Waals surface area contributed by atoms with Gasteiger partial charge in [0.1, 0.15) is 0 Å².